The molecular formula is C18H20BrN2O2Se+. The fourth-order valence-corrected chi connectivity index (χ4v) is 9.49. The Morgan fingerprint density at radius 3 is 2.46 bits per heavy atom. The Balaban J connectivity index is 1.66. The fraction of sp³-hybridized carbons (Fsp3) is 0.556. The second kappa shape index (κ2) is 5.16. The molecule has 0 spiro atoms. The third kappa shape index (κ3) is 2.00. The Bertz CT molecular complexity index is 834. The van der Waals surface area contributed by atoms with Gasteiger partial charge >= 0.3 is 155 Å². The van der Waals surface area contributed by atoms with Crippen molar-refractivity contribution in [3.8, 4) is 0 Å². The molecule has 0 aromatic carbocycles. The number of aliphatic hydroxyl groups is 1. The van der Waals surface area contributed by atoms with Crippen LogP contribution in [0.4, 0.5) is 0 Å². The van der Waals surface area contributed by atoms with Crippen LogP contribution in [0.3, 0.4) is 0 Å². The van der Waals surface area contributed by atoms with Crippen molar-refractivity contribution >= 4 is 42.1 Å². The van der Waals surface area contributed by atoms with E-state index in [9.17, 15) is 9.90 Å². The molecule has 2 aromatic heterocycles. The van der Waals surface area contributed by atoms with Gasteiger partial charge in [-0.1, -0.05) is 0 Å². The van der Waals surface area contributed by atoms with Crippen molar-refractivity contribution in [1.82, 2.24) is 0 Å². The Morgan fingerprint density at radius 2 is 1.88 bits per heavy atom. The summed E-state index contributed by atoms with van der Waals surface area (Å²) in [4.78, 5) is 11.5. The van der Waals surface area contributed by atoms with Crippen molar-refractivity contribution in [2.75, 3.05) is 0 Å². The van der Waals surface area contributed by atoms with E-state index in [2.05, 4.69) is 19.3 Å². The first kappa shape index (κ1) is 15.6. The SMILES string of the molecule is NC(=O)c1cc[n+]2[se]c(C3(O)C4CC5CC(C4)CC3C5)c(Br)c2c1. The molecule has 1 amide bonds. The van der Waals surface area contributed by atoms with Crippen LogP contribution >= 0.6 is 15.9 Å². The van der Waals surface area contributed by atoms with E-state index in [-0.39, 0.29) is 14.7 Å². The first-order chi connectivity index (χ1) is 11.5. The third-order valence-corrected chi connectivity index (χ3v) is 10.5. The van der Waals surface area contributed by atoms with E-state index in [1.54, 1.807) is 6.07 Å². The Morgan fingerprint density at radius 1 is 1.25 bits per heavy atom. The molecule has 4 saturated carbocycles. The molecule has 126 valence electrons. The molecule has 4 fully saturated rings. The van der Waals surface area contributed by atoms with Crippen LogP contribution < -0.4 is 9.13 Å². The summed E-state index contributed by atoms with van der Waals surface area (Å²) >= 11 is 3.79. The summed E-state index contributed by atoms with van der Waals surface area (Å²) in [6, 6.07) is 3.62. The quantitative estimate of drug-likeness (QED) is 0.681. The van der Waals surface area contributed by atoms with Crippen LogP contribution in [0.2, 0.25) is 0 Å². The minimum atomic E-state index is -0.662. The van der Waals surface area contributed by atoms with E-state index in [4.69, 9.17) is 5.73 Å². The van der Waals surface area contributed by atoms with Gasteiger partial charge in [0.15, 0.2) is 0 Å². The van der Waals surface area contributed by atoms with Crippen molar-refractivity contribution in [3.63, 3.8) is 0 Å². The first-order valence-corrected chi connectivity index (χ1v) is 11.0. The van der Waals surface area contributed by atoms with Crippen LogP contribution in [-0.2, 0) is 5.60 Å². The normalized spacial score (nSPS) is 37.2. The molecule has 6 heteroatoms. The van der Waals surface area contributed by atoms with Crippen LogP contribution in [0.25, 0.3) is 5.52 Å². The molecule has 0 atom stereocenters. The second-order valence-corrected chi connectivity index (χ2v) is 10.7. The van der Waals surface area contributed by atoms with E-state index in [1.165, 1.54) is 36.5 Å². The van der Waals surface area contributed by atoms with Gasteiger partial charge < -0.3 is 0 Å². The number of rotatable bonds is 2. The van der Waals surface area contributed by atoms with Crippen molar-refractivity contribution < 1.29 is 13.3 Å². The zero-order valence-electron chi connectivity index (χ0n) is 13.2. The molecule has 0 unspecified atom stereocenters. The Kier molecular flexibility index (Phi) is 3.35. The number of nitrogens with zero attached hydrogens (tertiary/aromatic N) is 1. The van der Waals surface area contributed by atoms with Crippen molar-refractivity contribution in [2.45, 2.75) is 37.7 Å². The molecular weight excluding hydrogens is 435 g/mol. The number of nitrogens with two attached hydrogens (primary N) is 1. The van der Waals surface area contributed by atoms with Gasteiger partial charge in [-0.3, -0.25) is 0 Å². The van der Waals surface area contributed by atoms with Gasteiger partial charge in [0.05, 0.1) is 0 Å². The molecule has 4 aliphatic rings. The van der Waals surface area contributed by atoms with E-state index in [0.717, 1.165) is 21.8 Å². The number of carbonyl (C=O) groups excluding carboxylic acids is 1. The molecule has 4 nitrogen and oxygen atoms in total. The molecule has 0 saturated heterocycles. The summed E-state index contributed by atoms with van der Waals surface area (Å²) in [5.74, 6) is 2.07. The zero-order valence-corrected chi connectivity index (χ0v) is 16.5. The van der Waals surface area contributed by atoms with Gasteiger partial charge in [-0.05, 0) is 0 Å². The van der Waals surface area contributed by atoms with Crippen LogP contribution in [0.15, 0.2) is 22.8 Å². The monoisotopic (exact) mass is 455 g/mol. The molecule has 6 rings (SSSR count). The predicted octanol–water partition coefficient (Wildman–Crippen LogP) is 1.99. The van der Waals surface area contributed by atoms with Crippen molar-refractivity contribution in [2.24, 2.45) is 29.4 Å². The van der Waals surface area contributed by atoms with Gasteiger partial charge in [0, 0.05) is 0 Å². The molecule has 2 heterocycles. The van der Waals surface area contributed by atoms with E-state index in [1.807, 2.05) is 12.3 Å². The summed E-state index contributed by atoms with van der Waals surface area (Å²) in [7, 11) is 0. The van der Waals surface area contributed by atoms with E-state index < -0.39 is 11.5 Å². The van der Waals surface area contributed by atoms with Gasteiger partial charge in [-0.25, -0.2) is 0 Å². The molecule has 0 aliphatic heterocycles. The van der Waals surface area contributed by atoms with E-state index >= 15 is 0 Å². The predicted molar refractivity (Wildman–Crippen MR) is 93.7 cm³/mol. The van der Waals surface area contributed by atoms with Gasteiger partial charge in [-0.2, -0.15) is 0 Å². The molecule has 3 N–H and O–H groups in total. The summed E-state index contributed by atoms with van der Waals surface area (Å²) in [5.41, 5.74) is 6.26. The number of amides is 1. The summed E-state index contributed by atoms with van der Waals surface area (Å²) in [5, 5.41) is 11.8. The maximum absolute atomic E-state index is 11.8. The number of aromatic nitrogens is 1. The molecule has 2 aromatic rings. The minimum absolute atomic E-state index is 0.0362. The van der Waals surface area contributed by atoms with Crippen molar-refractivity contribution in [1.29, 1.82) is 0 Å². The van der Waals surface area contributed by atoms with Gasteiger partial charge in [0.1, 0.15) is 0 Å². The van der Waals surface area contributed by atoms with Crippen LogP contribution in [0.1, 0.15) is 46.9 Å². The van der Waals surface area contributed by atoms with Crippen LogP contribution in [-0.4, -0.2) is 25.7 Å². The Hall–Kier alpha value is -0.681. The number of primary amides is 1. The Labute approximate surface area is 155 Å². The van der Waals surface area contributed by atoms with Crippen LogP contribution in [0.5, 0.6) is 0 Å². The second-order valence-electron chi connectivity index (χ2n) is 7.85. The summed E-state index contributed by atoms with van der Waals surface area (Å²) in [6.45, 7) is 0. The number of pyridine rings is 1. The number of halogens is 1. The van der Waals surface area contributed by atoms with Gasteiger partial charge in [0.2, 0.25) is 0 Å². The average Bonchev–Trinajstić information content (AvgIpc) is 2.88. The number of fused-ring (bicyclic) bond motifs is 1. The number of carbonyl (C=O) groups is 1. The van der Waals surface area contributed by atoms with Gasteiger partial charge in [-0.15, -0.1) is 0 Å². The fourth-order valence-electron chi connectivity index (χ4n) is 5.66. The van der Waals surface area contributed by atoms with Gasteiger partial charge in [0.25, 0.3) is 0 Å². The summed E-state index contributed by atoms with van der Waals surface area (Å²) in [6.07, 6.45) is 8.02. The third-order valence-electron chi connectivity index (χ3n) is 6.56. The maximum atomic E-state index is 11.8. The number of hydrogen-bond acceptors (Lipinski definition) is 2. The summed E-state index contributed by atoms with van der Waals surface area (Å²) < 4.78 is 4.33. The first-order valence-electron chi connectivity index (χ1n) is 8.63. The average molecular weight is 455 g/mol. The van der Waals surface area contributed by atoms with E-state index in [0.29, 0.717) is 17.4 Å². The van der Waals surface area contributed by atoms with Crippen molar-refractivity contribution in [3.05, 3.63) is 32.8 Å². The molecule has 24 heavy (non-hydrogen) atoms. The number of hydrogen-bond donors (Lipinski definition) is 2. The standard InChI is InChI=1S/C18H19BrN2O2Se/c19-15-14-8-11(17(20)22)1-2-21(14)24-16(15)18(23)12-4-9-3-10(6-12)7-13(18)5-9/h1-2,8-10,12-13,23H,3-7H2,(H-,20,22)/p+1. The molecule has 4 bridgehead atoms. The topological polar surface area (TPSA) is 67.4 Å². The van der Waals surface area contributed by atoms with Crippen LogP contribution in [0, 0.1) is 23.7 Å². The molecule has 4 aliphatic carbocycles. The zero-order chi connectivity index (χ0) is 16.6. The molecule has 0 radical (unpaired) electrons.